The fourth-order valence-corrected chi connectivity index (χ4v) is 2.72. The van der Waals surface area contributed by atoms with Crippen LogP contribution in [-0.2, 0) is 0 Å². The molecule has 28 heavy (non-hydrogen) atoms. The molecule has 3 aromatic rings. The third-order valence-corrected chi connectivity index (χ3v) is 4.15. The van der Waals surface area contributed by atoms with Crippen LogP contribution in [0.4, 0.5) is 0 Å². The van der Waals surface area contributed by atoms with Gasteiger partial charge in [-0.2, -0.15) is 0 Å². The van der Waals surface area contributed by atoms with E-state index in [0.717, 1.165) is 0 Å². The maximum Gasteiger partial charge on any atom is 0.335 e. The van der Waals surface area contributed by atoms with Crippen molar-refractivity contribution >= 4 is 11.8 Å². The van der Waals surface area contributed by atoms with Crippen LogP contribution in [0.3, 0.4) is 0 Å². The summed E-state index contributed by atoms with van der Waals surface area (Å²) in [6, 6.07) is 9.31. The van der Waals surface area contributed by atoms with Crippen molar-refractivity contribution < 1.29 is 28.9 Å². The average Bonchev–Trinajstić information content (AvgIpc) is 3.22. The molecular formula is C20H18N2O6. The van der Waals surface area contributed by atoms with Gasteiger partial charge in [-0.1, -0.05) is 12.1 Å². The number of rotatable bonds is 7. The SMILES string of the molecule is COc1cc(C(=O)c2cnc(-c3ccc(C(=O)O)cc3)[nH]2)cc(OC)c1OC. The predicted octanol–water partition coefficient (Wildman–Crippen LogP) is 3.03. The lowest BCUT2D eigenvalue weighted by molar-refractivity contribution is 0.0696. The molecule has 0 radical (unpaired) electrons. The van der Waals surface area contributed by atoms with Gasteiger partial charge >= 0.3 is 5.97 Å². The zero-order chi connectivity index (χ0) is 20.3. The van der Waals surface area contributed by atoms with Crippen molar-refractivity contribution in [1.29, 1.82) is 0 Å². The quantitative estimate of drug-likeness (QED) is 0.604. The number of ketones is 1. The summed E-state index contributed by atoms with van der Waals surface area (Å²) >= 11 is 0. The Balaban J connectivity index is 1.93. The Labute approximate surface area is 160 Å². The van der Waals surface area contributed by atoms with Gasteiger partial charge in [0.15, 0.2) is 11.5 Å². The van der Waals surface area contributed by atoms with E-state index in [4.69, 9.17) is 19.3 Å². The van der Waals surface area contributed by atoms with Crippen LogP contribution in [0.2, 0.25) is 0 Å². The molecule has 0 saturated heterocycles. The molecule has 0 saturated carbocycles. The van der Waals surface area contributed by atoms with Crippen molar-refractivity contribution in [2.45, 2.75) is 0 Å². The Morgan fingerprint density at radius 2 is 1.54 bits per heavy atom. The highest BCUT2D eigenvalue weighted by molar-refractivity contribution is 6.08. The van der Waals surface area contributed by atoms with Gasteiger partial charge in [0.25, 0.3) is 0 Å². The molecule has 2 N–H and O–H groups in total. The van der Waals surface area contributed by atoms with Gasteiger partial charge in [-0.25, -0.2) is 9.78 Å². The molecule has 1 heterocycles. The number of nitrogens with zero attached hydrogens (tertiary/aromatic N) is 1. The van der Waals surface area contributed by atoms with E-state index in [9.17, 15) is 9.59 Å². The Kier molecular flexibility index (Phi) is 5.30. The Hall–Kier alpha value is -3.81. The van der Waals surface area contributed by atoms with E-state index in [1.54, 1.807) is 24.3 Å². The van der Waals surface area contributed by atoms with Crippen LogP contribution < -0.4 is 14.2 Å². The lowest BCUT2D eigenvalue weighted by Crippen LogP contribution is -2.04. The molecule has 0 aliphatic carbocycles. The van der Waals surface area contributed by atoms with Gasteiger partial charge in [-0.05, 0) is 24.3 Å². The van der Waals surface area contributed by atoms with Crippen molar-refractivity contribution in [1.82, 2.24) is 9.97 Å². The number of imidazole rings is 1. The van der Waals surface area contributed by atoms with Crippen LogP contribution >= 0.6 is 0 Å². The monoisotopic (exact) mass is 382 g/mol. The topological polar surface area (TPSA) is 111 Å². The number of carbonyl (C=O) groups excluding carboxylic acids is 1. The second-order valence-electron chi connectivity index (χ2n) is 5.77. The van der Waals surface area contributed by atoms with Crippen LogP contribution in [0.1, 0.15) is 26.4 Å². The molecule has 0 bridgehead atoms. The van der Waals surface area contributed by atoms with Crippen LogP contribution in [0, 0.1) is 0 Å². The minimum absolute atomic E-state index is 0.170. The zero-order valence-electron chi connectivity index (χ0n) is 15.5. The fraction of sp³-hybridized carbons (Fsp3) is 0.150. The number of hydrogen-bond acceptors (Lipinski definition) is 6. The highest BCUT2D eigenvalue weighted by Gasteiger charge is 2.19. The Morgan fingerprint density at radius 3 is 2.04 bits per heavy atom. The number of carboxylic acid groups (broad SMARTS) is 1. The van der Waals surface area contributed by atoms with Crippen LogP contribution in [0.5, 0.6) is 17.2 Å². The molecule has 0 unspecified atom stereocenters. The summed E-state index contributed by atoms with van der Waals surface area (Å²) in [7, 11) is 4.43. The smallest absolute Gasteiger partial charge is 0.335 e. The van der Waals surface area contributed by atoms with E-state index in [-0.39, 0.29) is 17.0 Å². The number of carboxylic acids is 1. The number of aromatic amines is 1. The maximum atomic E-state index is 12.9. The second kappa shape index (κ2) is 7.83. The van der Waals surface area contributed by atoms with Gasteiger partial charge in [0.1, 0.15) is 11.5 Å². The number of H-pyrrole nitrogens is 1. The van der Waals surface area contributed by atoms with E-state index in [1.165, 1.54) is 39.7 Å². The minimum Gasteiger partial charge on any atom is -0.493 e. The largest absolute Gasteiger partial charge is 0.493 e. The first-order valence-corrected chi connectivity index (χ1v) is 8.22. The van der Waals surface area contributed by atoms with Crippen LogP contribution in [-0.4, -0.2) is 48.2 Å². The standard InChI is InChI=1S/C20H18N2O6/c1-26-15-8-13(9-16(27-2)18(15)28-3)17(23)14-10-21-19(22-14)11-4-6-12(7-5-11)20(24)25/h4-10H,1-3H3,(H,21,22)(H,24,25). The summed E-state index contributed by atoms with van der Waals surface area (Å²) in [5.41, 5.74) is 1.44. The fourth-order valence-electron chi connectivity index (χ4n) is 2.72. The van der Waals surface area contributed by atoms with Crippen molar-refractivity contribution in [3.8, 4) is 28.6 Å². The molecule has 0 aliphatic heterocycles. The summed E-state index contributed by atoms with van der Waals surface area (Å²) in [5, 5.41) is 8.97. The molecule has 1 aromatic heterocycles. The third-order valence-electron chi connectivity index (χ3n) is 4.15. The minimum atomic E-state index is -1.01. The van der Waals surface area contributed by atoms with E-state index >= 15 is 0 Å². The second-order valence-corrected chi connectivity index (χ2v) is 5.77. The molecule has 0 amide bonds. The van der Waals surface area contributed by atoms with Gasteiger partial charge < -0.3 is 24.3 Å². The summed E-state index contributed by atoms with van der Waals surface area (Å²) < 4.78 is 15.8. The molecule has 0 aliphatic rings. The number of carbonyl (C=O) groups is 2. The van der Waals surface area contributed by atoms with Gasteiger partial charge in [0.05, 0.1) is 33.1 Å². The first-order chi connectivity index (χ1) is 13.5. The summed E-state index contributed by atoms with van der Waals surface area (Å²) in [6.07, 6.45) is 1.42. The third kappa shape index (κ3) is 3.52. The van der Waals surface area contributed by atoms with Crippen molar-refractivity contribution in [2.24, 2.45) is 0 Å². The molecule has 0 spiro atoms. The molecular weight excluding hydrogens is 364 g/mol. The number of nitrogens with one attached hydrogen (secondary N) is 1. The van der Waals surface area contributed by atoms with Gasteiger partial charge in [-0.15, -0.1) is 0 Å². The normalized spacial score (nSPS) is 10.4. The summed E-state index contributed by atoms with van der Waals surface area (Å²) in [4.78, 5) is 31.0. The lowest BCUT2D eigenvalue weighted by atomic mass is 10.1. The summed E-state index contributed by atoms with van der Waals surface area (Å²) in [6.45, 7) is 0. The lowest BCUT2D eigenvalue weighted by Gasteiger charge is -2.13. The molecule has 0 atom stereocenters. The summed E-state index contributed by atoms with van der Waals surface area (Å²) in [5.74, 6) is 0.269. The Morgan fingerprint density at radius 1 is 0.929 bits per heavy atom. The first-order valence-electron chi connectivity index (χ1n) is 8.22. The zero-order valence-corrected chi connectivity index (χ0v) is 15.5. The number of benzene rings is 2. The average molecular weight is 382 g/mol. The van der Waals surface area contributed by atoms with Gasteiger partial charge in [0.2, 0.25) is 11.5 Å². The maximum absolute atomic E-state index is 12.9. The highest BCUT2D eigenvalue weighted by atomic mass is 16.5. The first kappa shape index (κ1) is 19.0. The number of aromatic carboxylic acids is 1. The number of ether oxygens (including phenoxy) is 3. The van der Waals surface area contributed by atoms with Crippen molar-refractivity contribution in [3.05, 3.63) is 59.4 Å². The number of aromatic nitrogens is 2. The highest BCUT2D eigenvalue weighted by Crippen LogP contribution is 2.38. The molecule has 8 heteroatoms. The molecule has 3 rings (SSSR count). The molecule has 2 aromatic carbocycles. The molecule has 0 fully saturated rings. The van der Waals surface area contributed by atoms with E-state index in [0.29, 0.717) is 34.2 Å². The number of methoxy groups -OCH3 is 3. The van der Waals surface area contributed by atoms with Crippen LogP contribution in [0.25, 0.3) is 11.4 Å². The van der Waals surface area contributed by atoms with E-state index in [1.807, 2.05) is 0 Å². The Bertz CT molecular complexity index is 998. The van der Waals surface area contributed by atoms with E-state index in [2.05, 4.69) is 9.97 Å². The number of hydrogen-bond donors (Lipinski definition) is 2. The molecule has 8 nitrogen and oxygen atoms in total. The van der Waals surface area contributed by atoms with Crippen LogP contribution in [0.15, 0.2) is 42.6 Å². The predicted molar refractivity (Wildman–Crippen MR) is 101 cm³/mol. The van der Waals surface area contributed by atoms with Crippen molar-refractivity contribution in [3.63, 3.8) is 0 Å². The van der Waals surface area contributed by atoms with E-state index < -0.39 is 5.97 Å². The van der Waals surface area contributed by atoms with Gasteiger partial charge in [-0.3, -0.25) is 4.79 Å². The molecule has 144 valence electrons. The van der Waals surface area contributed by atoms with Gasteiger partial charge in [0, 0.05) is 11.1 Å². The van der Waals surface area contributed by atoms with Crippen molar-refractivity contribution in [2.75, 3.05) is 21.3 Å².